The molecule has 0 radical (unpaired) electrons. The zero-order valence-electron chi connectivity index (χ0n) is 18.1. The molecule has 31 heavy (non-hydrogen) atoms. The summed E-state index contributed by atoms with van der Waals surface area (Å²) in [5, 5.41) is 8.21. The van der Waals surface area contributed by atoms with Crippen molar-refractivity contribution in [1.29, 1.82) is 0 Å². The van der Waals surface area contributed by atoms with Gasteiger partial charge in [0.2, 0.25) is 5.91 Å². The monoisotopic (exact) mass is 427 g/mol. The first-order valence-electron chi connectivity index (χ1n) is 10.4. The number of piperazine rings is 1. The lowest BCUT2D eigenvalue weighted by molar-refractivity contribution is -0.132. The van der Waals surface area contributed by atoms with Gasteiger partial charge in [0.15, 0.2) is 17.3 Å². The molecule has 166 valence electrons. The van der Waals surface area contributed by atoms with E-state index < -0.39 is 0 Å². The Morgan fingerprint density at radius 2 is 2.00 bits per heavy atom. The Hall–Kier alpha value is -3.20. The fraction of sp³-hybridized carbons (Fsp3) is 0.455. The van der Waals surface area contributed by atoms with E-state index in [1.54, 1.807) is 31.4 Å². The lowest BCUT2D eigenvalue weighted by atomic mass is 10.2. The maximum Gasteiger partial charge on any atom is 0.273 e. The molecule has 0 atom stereocenters. The van der Waals surface area contributed by atoms with Crippen molar-refractivity contribution in [2.45, 2.75) is 19.3 Å². The molecule has 0 aliphatic carbocycles. The Morgan fingerprint density at radius 3 is 2.68 bits per heavy atom. The lowest BCUT2D eigenvalue weighted by Gasteiger charge is -2.32. The number of benzene rings is 1. The minimum atomic E-state index is -0.346. The highest BCUT2D eigenvalue weighted by molar-refractivity contribution is 5.76. The molecule has 0 bridgehead atoms. The summed E-state index contributed by atoms with van der Waals surface area (Å²) < 4.78 is 11.1. The van der Waals surface area contributed by atoms with E-state index in [0.717, 1.165) is 19.5 Å². The Kier molecular flexibility index (Phi) is 7.77. The highest BCUT2D eigenvalue weighted by atomic mass is 16.5. The largest absolute Gasteiger partial charge is 0.493 e. The molecule has 1 aromatic heterocycles. The minimum Gasteiger partial charge on any atom is -0.493 e. The van der Waals surface area contributed by atoms with E-state index >= 15 is 0 Å². The molecular weight excluding hydrogens is 398 g/mol. The molecule has 1 saturated heterocycles. The molecule has 3 rings (SSSR count). The van der Waals surface area contributed by atoms with Crippen molar-refractivity contribution in [1.82, 2.24) is 25.0 Å². The van der Waals surface area contributed by atoms with Crippen molar-refractivity contribution in [3.8, 4) is 22.9 Å². The summed E-state index contributed by atoms with van der Waals surface area (Å²) in [4.78, 5) is 31.7. The summed E-state index contributed by atoms with van der Waals surface area (Å²) in [5.74, 6) is 1.50. The second-order valence-corrected chi connectivity index (χ2v) is 7.42. The average molecular weight is 428 g/mol. The third-order valence-electron chi connectivity index (χ3n) is 5.21. The van der Waals surface area contributed by atoms with Crippen LogP contribution in [0, 0.1) is 0 Å². The van der Waals surface area contributed by atoms with E-state index in [9.17, 15) is 9.59 Å². The van der Waals surface area contributed by atoms with Gasteiger partial charge < -0.3 is 24.3 Å². The van der Waals surface area contributed by atoms with Crippen LogP contribution in [0.1, 0.15) is 18.5 Å². The van der Waals surface area contributed by atoms with E-state index in [-0.39, 0.29) is 30.0 Å². The molecule has 1 aromatic carbocycles. The highest BCUT2D eigenvalue weighted by Gasteiger charge is 2.19. The number of nitrogens with zero attached hydrogens (tertiary/aromatic N) is 4. The number of aryl methyl sites for hydroxylation is 1. The first kappa shape index (κ1) is 22.5. The highest BCUT2D eigenvalue weighted by Crippen LogP contribution is 2.31. The van der Waals surface area contributed by atoms with Gasteiger partial charge in [0.1, 0.15) is 5.69 Å². The van der Waals surface area contributed by atoms with Gasteiger partial charge in [0.25, 0.3) is 5.56 Å². The molecule has 2 aromatic rings. The Balaban J connectivity index is 1.65. The van der Waals surface area contributed by atoms with Gasteiger partial charge in [0.05, 0.1) is 13.7 Å². The quantitative estimate of drug-likeness (QED) is 0.478. The van der Waals surface area contributed by atoms with E-state index in [1.165, 1.54) is 0 Å². The third kappa shape index (κ3) is 5.91. The van der Waals surface area contributed by atoms with Crippen molar-refractivity contribution >= 4 is 5.91 Å². The number of likely N-dealkylation sites (N-methyl/N-ethyl adjacent to an activating group) is 1. The SMILES string of the molecule is C=CCCOc1ccc(-c2nnc(CCC(=O)N3CCN(C)CC3)c(=O)[nH]2)cc1OC. The van der Waals surface area contributed by atoms with Gasteiger partial charge in [-0.15, -0.1) is 16.8 Å². The van der Waals surface area contributed by atoms with Crippen LogP contribution >= 0.6 is 0 Å². The standard InChI is InChI=1S/C22H29N5O4/c1-4-5-14-31-18-8-6-16(15-19(18)30-3)21-23-22(29)17(24-25-21)7-9-20(28)27-12-10-26(2)11-13-27/h4,6,8,15H,1,5,7,9-14H2,2-3H3,(H,23,25,29). The molecule has 9 heteroatoms. The summed E-state index contributed by atoms with van der Waals surface area (Å²) in [6.45, 7) is 7.32. The minimum absolute atomic E-state index is 0.0372. The van der Waals surface area contributed by atoms with Gasteiger partial charge in [-0.05, 0) is 31.7 Å². The smallest absolute Gasteiger partial charge is 0.273 e. The number of aromatic nitrogens is 3. The number of nitrogens with one attached hydrogen (secondary N) is 1. The van der Waals surface area contributed by atoms with Gasteiger partial charge in [-0.1, -0.05) is 6.08 Å². The number of ether oxygens (including phenoxy) is 2. The third-order valence-corrected chi connectivity index (χ3v) is 5.21. The van der Waals surface area contributed by atoms with E-state index in [0.29, 0.717) is 42.6 Å². The zero-order valence-corrected chi connectivity index (χ0v) is 18.1. The number of H-pyrrole nitrogens is 1. The van der Waals surface area contributed by atoms with Gasteiger partial charge in [-0.2, -0.15) is 0 Å². The molecular formula is C22H29N5O4. The van der Waals surface area contributed by atoms with Crippen LogP contribution in [0.4, 0.5) is 0 Å². The molecule has 2 heterocycles. The molecule has 0 spiro atoms. The predicted molar refractivity (Wildman–Crippen MR) is 117 cm³/mol. The molecule has 0 saturated carbocycles. The molecule has 1 fully saturated rings. The number of carbonyl (C=O) groups is 1. The van der Waals surface area contributed by atoms with Crippen LogP contribution in [0.15, 0.2) is 35.6 Å². The van der Waals surface area contributed by atoms with Crippen molar-refractivity contribution in [3.05, 3.63) is 46.9 Å². The molecule has 1 amide bonds. The molecule has 1 N–H and O–H groups in total. The first-order chi connectivity index (χ1) is 15.0. The molecule has 0 unspecified atom stereocenters. The van der Waals surface area contributed by atoms with Gasteiger partial charge >= 0.3 is 0 Å². The van der Waals surface area contributed by atoms with E-state index in [2.05, 4.69) is 26.7 Å². The Morgan fingerprint density at radius 1 is 1.23 bits per heavy atom. The predicted octanol–water partition coefficient (Wildman–Crippen LogP) is 1.50. The maximum absolute atomic E-state index is 12.5. The van der Waals surface area contributed by atoms with Gasteiger partial charge in [-0.3, -0.25) is 9.59 Å². The Labute approximate surface area is 181 Å². The van der Waals surface area contributed by atoms with Gasteiger partial charge in [-0.25, -0.2) is 0 Å². The first-order valence-corrected chi connectivity index (χ1v) is 10.4. The van der Waals surface area contributed by atoms with Crippen LogP contribution in [0.2, 0.25) is 0 Å². The second kappa shape index (κ2) is 10.7. The maximum atomic E-state index is 12.5. The van der Waals surface area contributed by atoms with Crippen molar-refractivity contribution in [2.75, 3.05) is 46.9 Å². The van der Waals surface area contributed by atoms with Gasteiger partial charge in [0, 0.05) is 44.6 Å². The number of hydrogen-bond acceptors (Lipinski definition) is 7. The van der Waals surface area contributed by atoms with Crippen molar-refractivity contribution in [3.63, 3.8) is 0 Å². The second-order valence-electron chi connectivity index (χ2n) is 7.42. The van der Waals surface area contributed by atoms with Crippen LogP contribution in [0.3, 0.4) is 0 Å². The lowest BCUT2D eigenvalue weighted by Crippen LogP contribution is -2.47. The summed E-state index contributed by atoms with van der Waals surface area (Å²) in [6.07, 6.45) is 3.00. The van der Waals surface area contributed by atoms with Crippen LogP contribution < -0.4 is 15.0 Å². The van der Waals surface area contributed by atoms with Crippen molar-refractivity contribution < 1.29 is 14.3 Å². The summed E-state index contributed by atoms with van der Waals surface area (Å²) >= 11 is 0. The van der Waals surface area contributed by atoms with E-state index in [1.807, 2.05) is 11.9 Å². The topological polar surface area (TPSA) is 101 Å². The summed E-state index contributed by atoms with van der Waals surface area (Å²) in [7, 11) is 3.59. The molecule has 9 nitrogen and oxygen atoms in total. The van der Waals surface area contributed by atoms with E-state index in [4.69, 9.17) is 9.47 Å². The Bertz CT molecular complexity index is 967. The number of methoxy groups -OCH3 is 1. The van der Waals surface area contributed by atoms with Crippen molar-refractivity contribution in [2.24, 2.45) is 0 Å². The fourth-order valence-electron chi connectivity index (χ4n) is 3.28. The van der Waals surface area contributed by atoms with Crippen LogP contribution in [0.25, 0.3) is 11.4 Å². The van der Waals surface area contributed by atoms with Crippen LogP contribution in [-0.2, 0) is 11.2 Å². The molecule has 1 aliphatic rings. The van der Waals surface area contributed by atoms with Crippen LogP contribution in [-0.4, -0.2) is 77.8 Å². The fourth-order valence-corrected chi connectivity index (χ4v) is 3.28. The molecule has 1 aliphatic heterocycles. The number of hydrogen-bond donors (Lipinski definition) is 1. The normalized spacial score (nSPS) is 14.3. The summed E-state index contributed by atoms with van der Waals surface area (Å²) in [6, 6.07) is 5.28. The zero-order chi connectivity index (χ0) is 22.2. The average Bonchev–Trinajstić information content (AvgIpc) is 2.78. The number of carbonyl (C=O) groups excluding carboxylic acids is 1. The van der Waals surface area contributed by atoms with Crippen LogP contribution in [0.5, 0.6) is 11.5 Å². The number of amides is 1. The number of aromatic amines is 1. The number of rotatable bonds is 9. The summed E-state index contributed by atoms with van der Waals surface area (Å²) in [5.41, 5.74) is 0.557.